The lowest BCUT2D eigenvalue weighted by atomic mass is 10.2. The number of H-pyrrole nitrogens is 1. The van der Waals surface area contributed by atoms with E-state index >= 15 is 0 Å². The van der Waals surface area contributed by atoms with Crippen LogP contribution in [-0.4, -0.2) is 22.0 Å². The summed E-state index contributed by atoms with van der Waals surface area (Å²) in [6.07, 6.45) is 4.78. The number of benzene rings is 1. The Hall–Kier alpha value is -2.43. The van der Waals surface area contributed by atoms with Crippen LogP contribution in [0.4, 0.5) is 0 Å². The minimum atomic E-state index is 0.386. The molecule has 0 saturated carbocycles. The number of aromatic amines is 1. The lowest BCUT2D eigenvalue weighted by Gasteiger charge is -1.95. The summed E-state index contributed by atoms with van der Waals surface area (Å²) in [7, 11) is 0. The molecule has 80 valence electrons. The second-order valence-corrected chi connectivity index (χ2v) is 3.10. The van der Waals surface area contributed by atoms with Crippen molar-refractivity contribution in [3.8, 4) is 0 Å². The van der Waals surface area contributed by atoms with Crippen molar-refractivity contribution in [3.63, 3.8) is 0 Å². The van der Waals surface area contributed by atoms with Crippen LogP contribution in [0.2, 0.25) is 0 Å². The molecule has 1 aromatic heterocycles. The lowest BCUT2D eigenvalue weighted by Crippen LogP contribution is -2.12. The molecule has 0 aliphatic carbocycles. The van der Waals surface area contributed by atoms with E-state index in [0.717, 1.165) is 11.3 Å². The zero-order chi connectivity index (χ0) is 11.2. The van der Waals surface area contributed by atoms with Crippen molar-refractivity contribution in [2.24, 2.45) is 15.9 Å². The fourth-order valence-electron chi connectivity index (χ4n) is 1.16. The minimum Gasteiger partial charge on any atom is -0.382 e. The number of imidazole rings is 1. The van der Waals surface area contributed by atoms with Crippen molar-refractivity contribution in [2.75, 3.05) is 0 Å². The Labute approximate surface area is 92.7 Å². The van der Waals surface area contributed by atoms with E-state index in [-0.39, 0.29) is 0 Å². The van der Waals surface area contributed by atoms with E-state index in [1.165, 1.54) is 0 Å². The van der Waals surface area contributed by atoms with Gasteiger partial charge >= 0.3 is 0 Å². The van der Waals surface area contributed by atoms with Crippen molar-refractivity contribution < 1.29 is 0 Å². The number of nitrogens with zero attached hydrogens (tertiary/aromatic N) is 3. The van der Waals surface area contributed by atoms with Gasteiger partial charge in [-0.2, -0.15) is 5.10 Å². The van der Waals surface area contributed by atoms with Gasteiger partial charge in [0.05, 0.1) is 24.4 Å². The van der Waals surface area contributed by atoms with Crippen LogP contribution < -0.4 is 5.73 Å². The summed E-state index contributed by atoms with van der Waals surface area (Å²) in [6.45, 7) is 0. The molecule has 0 saturated heterocycles. The van der Waals surface area contributed by atoms with E-state index in [1.54, 1.807) is 18.7 Å². The molecule has 0 aliphatic rings. The molecule has 2 rings (SSSR count). The normalized spacial score (nSPS) is 12.1. The average molecular weight is 213 g/mol. The molecule has 2 aromatic rings. The molecule has 3 N–H and O–H groups in total. The molecule has 0 fully saturated rings. The van der Waals surface area contributed by atoms with E-state index in [1.807, 2.05) is 30.3 Å². The largest absolute Gasteiger partial charge is 0.382 e. The van der Waals surface area contributed by atoms with E-state index in [0.29, 0.717) is 5.84 Å². The molecule has 1 heterocycles. The average Bonchev–Trinajstić information content (AvgIpc) is 2.83. The summed E-state index contributed by atoms with van der Waals surface area (Å²) in [5, 5.41) is 7.74. The van der Waals surface area contributed by atoms with Gasteiger partial charge in [0, 0.05) is 5.56 Å². The van der Waals surface area contributed by atoms with Crippen LogP contribution in [0.25, 0.3) is 0 Å². The van der Waals surface area contributed by atoms with Crippen LogP contribution >= 0.6 is 0 Å². The first-order valence-corrected chi connectivity index (χ1v) is 4.76. The number of amidine groups is 1. The molecule has 0 radical (unpaired) electrons. The molecule has 16 heavy (non-hydrogen) atoms. The van der Waals surface area contributed by atoms with Gasteiger partial charge in [0.1, 0.15) is 0 Å². The quantitative estimate of drug-likeness (QED) is 0.455. The van der Waals surface area contributed by atoms with Crippen molar-refractivity contribution in [1.29, 1.82) is 0 Å². The van der Waals surface area contributed by atoms with Gasteiger partial charge in [-0.05, 0) is 0 Å². The lowest BCUT2D eigenvalue weighted by molar-refractivity contribution is 1.22. The summed E-state index contributed by atoms with van der Waals surface area (Å²) in [5.41, 5.74) is 7.38. The molecule has 0 amide bonds. The van der Waals surface area contributed by atoms with Crippen molar-refractivity contribution in [2.45, 2.75) is 0 Å². The summed E-state index contributed by atoms with van der Waals surface area (Å²) >= 11 is 0. The van der Waals surface area contributed by atoms with E-state index in [2.05, 4.69) is 20.2 Å². The van der Waals surface area contributed by atoms with E-state index < -0.39 is 0 Å². The van der Waals surface area contributed by atoms with Crippen molar-refractivity contribution in [3.05, 3.63) is 54.1 Å². The maximum atomic E-state index is 5.74. The van der Waals surface area contributed by atoms with Gasteiger partial charge < -0.3 is 10.7 Å². The topological polar surface area (TPSA) is 79.4 Å². The Balaban J connectivity index is 2.08. The number of hydrogen-bond donors (Lipinski definition) is 2. The summed E-state index contributed by atoms with van der Waals surface area (Å²) in [6, 6.07) is 9.48. The van der Waals surface area contributed by atoms with Gasteiger partial charge in [-0.15, -0.1) is 5.10 Å². The minimum absolute atomic E-state index is 0.386. The molecule has 0 bridgehead atoms. The third kappa shape index (κ3) is 2.54. The van der Waals surface area contributed by atoms with Crippen LogP contribution in [0.5, 0.6) is 0 Å². The van der Waals surface area contributed by atoms with Gasteiger partial charge in [0.2, 0.25) is 0 Å². The molecule has 5 nitrogen and oxygen atoms in total. The van der Waals surface area contributed by atoms with Gasteiger partial charge in [0.25, 0.3) is 0 Å². The third-order valence-corrected chi connectivity index (χ3v) is 1.95. The fourth-order valence-corrected chi connectivity index (χ4v) is 1.16. The van der Waals surface area contributed by atoms with Crippen molar-refractivity contribution >= 4 is 12.1 Å². The zero-order valence-electron chi connectivity index (χ0n) is 8.54. The first-order chi connectivity index (χ1) is 7.86. The van der Waals surface area contributed by atoms with Gasteiger partial charge in [-0.25, -0.2) is 4.98 Å². The Morgan fingerprint density at radius 2 is 2.12 bits per heavy atom. The standard InChI is InChI=1S/C11H11N5/c12-11(9-4-2-1-3-5-9)16-15-7-10-6-13-8-14-10/h1-8H,(H2,12,16)(H,13,14)/b15-7+. The fraction of sp³-hybridized carbons (Fsp3) is 0. The maximum absolute atomic E-state index is 5.74. The Bertz CT molecular complexity index is 484. The maximum Gasteiger partial charge on any atom is 0.153 e. The molecular weight excluding hydrogens is 202 g/mol. The highest BCUT2D eigenvalue weighted by molar-refractivity contribution is 5.97. The number of nitrogens with one attached hydrogen (secondary N) is 1. The van der Waals surface area contributed by atoms with E-state index in [4.69, 9.17) is 5.73 Å². The molecule has 0 atom stereocenters. The van der Waals surface area contributed by atoms with Crippen LogP contribution in [0.15, 0.2) is 53.1 Å². The van der Waals surface area contributed by atoms with Gasteiger partial charge in [-0.3, -0.25) is 0 Å². The second-order valence-electron chi connectivity index (χ2n) is 3.10. The zero-order valence-corrected chi connectivity index (χ0v) is 8.54. The SMILES string of the molecule is N/C(=N\N=C\c1cnc[nH]1)c1ccccc1. The first-order valence-electron chi connectivity index (χ1n) is 4.76. The number of aromatic nitrogens is 2. The molecule has 0 aliphatic heterocycles. The van der Waals surface area contributed by atoms with E-state index in [9.17, 15) is 0 Å². The predicted molar refractivity (Wildman–Crippen MR) is 63.3 cm³/mol. The Kier molecular flexibility index (Phi) is 3.08. The van der Waals surface area contributed by atoms with Crippen molar-refractivity contribution in [1.82, 2.24) is 9.97 Å². The predicted octanol–water partition coefficient (Wildman–Crippen LogP) is 1.15. The molecule has 0 unspecified atom stereocenters. The van der Waals surface area contributed by atoms with Crippen LogP contribution in [0, 0.1) is 0 Å². The molecule has 5 heteroatoms. The Morgan fingerprint density at radius 1 is 1.31 bits per heavy atom. The summed E-state index contributed by atoms with van der Waals surface area (Å²) in [5.74, 6) is 0.386. The Morgan fingerprint density at radius 3 is 2.81 bits per heavy atom. The van der Waals surface area contributed by atoms with Gasteiger partial charge in [0.15, 0.2) is 5.84 Å². The molecule has 1 aromatic carbocycles. The summed E-state index contributed by atoms with van der Waals surface area (Å²) in [4.78, 5) is 6.73. The molecular formula is C11H11N5. The monoisotopic (exact) mass is 213 g/mol. The van der Waals surface area contributed by atoms with Crippen LogP contribution in [0.1, 0.15) is 11.3 Å². The highest BCUT2D eigenvalue weighted by Crippen LogP contribution is 1.97. The van der Waals surface area contributed by atoms with Crippen LogP contribution in [-0.2, 0) is 0 Å². The second kappa shape index (κ2) is 4.88. The summed E-state index contributed by atoms with van der Waals surface area (Å²) < 4.78 is 0. The smallest absolute Gasteiger partial charge is 0.153 e. The highest BCUT2D eigenvalue weighted by atomic mass is 15.2. The van der Waals surface area contributed by atoms with Crippen LogP contribution in [0.3, 0.4) is 0 Å². The third-order valence-electron chi connectivity index (χ3n) is 1.95. The highest BCUT2D eigenvalue weighted by Gasteiger charge is 1.94. The number of nitrogens with two attached hydrogens (primary N) is 1. The number of hydrogen-bond acceptors (Lipinski definition) is 3. The first kappa shape index (κ1) is 10.1. The molecule has 0 spiro atoms. The van der Waals surface area contributed by atoms with Gasteiger partial charge in [-0.1, -0.05) is 30.3 Å². The number of rotatable bonds is 3.